The number of aliphatic hydroxyl groups is 2. The van der Waals surface area contributed by atoms with Gasteiger partial charge in [-0.15, -0.1) is 0 Å². The lowest BCUT2D eigenvalue weighted by Gasteiger charge is -2.43. The van der Waals surface area contributed by atoms with Gasteiger partial charge in [0.05, 0.1) is 16.7 Å². The maximum atomic E-state index is 14.2. The number of aliphatic hydroxyl groups excluding tert-OH is 2. The van der Waals surface area contributed by atoms with E-state index in [0.29, 0.717) is 24.2 Å². The van der Waals surface area contributed by atoms with Crippen LogP contribution in [0.25, 0.3) is 5.76 Å². The molecule has 2 aliphatic rings. The largest absolute Gasteiger partial charge is 0.507 e. The number of para-hydroxylation sites is 1. The van der Waals surface area contributed by atoms with Gasteiger partial charge in [-0.2, -0.15) is 0 Å². The molecule has 1 heterocycles. The number of allylic oxidation sites excluding steroid dienone is 1. The van der Waals surface area contributed by atoms with Gasteiger partial charge in [-0.25, -0.2) is 4.39 Å². The molecule has 1 atom stereocenters. The SMILES string of the molecule is CCCC[C@]12CC/C(=C(/O)c3ccccc3F)C(O)=C1C(=O)c1ccccc1O2. The second-order valence-electron chi connectivity index (χ2n) is 7.56. The fourth-order valence-corrected chi connectivity index (χ4v) is 4.25. The number of Topliss-reactive ketones (excluding diaryl/α,β-unsaturated/α-hetero) is 1. The first-order chi connectivity index (χ1) is 14.0. The van der Waals surface area contributed by atoms with E-state index in [-0.39, 0.29) is 40.4 Å². The van der Waals surface area contributed by atoms with Crippen LogP contribution in [-0.2, 0) is 0 Å². The first-order valence-corrected chi connectivity index (χ1v) is 9.92. The van der Waals surface area contributed by atoms with Gasteiger partial charge in [-0.3, -0.25) is 4.79 Å². The Bertz CT molecular complexity index is 1040. The molecule has 29 heavy (non-hydrogen) atoms. The molecule has 0 aromatic heterocycles. The molecule has 0 radical (unpaired) electrons. The summed E-state index contributed by atoms with van der Waals surface area (Å²) in [6.07, 6.45) is 3.01. The molecule has 0 unspecified atom stereocenters. The quantitative estimate of drug-likeness (QED) is 0.633. The third-order valence-electron chi connectivity index (χ3n) is 5.77. The third-order valence-corrected chi connectivity index (χ3v) is 5.77. The molecular weight excluding hydrogens is 371 g/mol. The van der Waals surface area contributed by atoms with E-state index >= 15 is 0 Å². The summed E-state index contributed by atoms with van der Waals surface area (Å²) in [7, 11) is 0. The van der Waals surface area contributed by atoms with E-state index in [9.17, 15) is 19.4 Å². The van der Waals surface area contributed by atoms with Crippen molar-refractivity contribution < 1.29 is 24.1 Å². The molecule has 1 aliphatic carbocycles. The van der Waals surface area contributed by atoms with E-state index in [2.05, 4.69) is 6.92 Å². The molecule has 150 valence electrons. The van der Waals surface area contributed by atoms with E-state index in [1.807, 2.05) is 6.07 Å². The molecule has 0 amide bonds. The van der Waals surface area contributed by atoms with Crippen LogP contribution >= 0.6 is 0 Å². The highest BCUT2D eigenvalue weighted by Crippen LogP contribution is 2.49. The summed E-state index contributed by atoms with van der Waals surface area (Å²) in [5.41, 5.74) is -0.222. The zero-order valence-electron chi connectivity index (χ0n) is 16.2. The molecule has 2 aromatic carbocycles. The summed E-state index contributed by atoms with van der Waals surface area (Å²) >= 11 is 0. The molecule has 4 nitrogen and oxygen atoms in total. The van der Waals surface area contributed by atoms with Gasteiger partial charge in [0.1, 0.15) is 28.7 Å². The molecule has 0 fully saturated rings. The molecule has 0 saturated carbocycles. The zero-order chi connectivity index (χ0) is 20.6. The minimum absolute atomic E-state index is 0.000264. The van der Waals surface area contributed by atoms with E-state index in [0.717, 1.165) is 12.8 Å². The predicted molar refractivity (Wildman–Crippen MR) is 108 cm³/mol. The van der Waals surface area contributed by atoms with Crippen LogP contribution in [-0.4, -0.2) is 21.6 Å². The van der Waals surface area contributed by atoms with Crippen molar-refractivity contribution in [2.75, 3.05) is 0 Å². The number of benzene rings is 2. The van der Waals surface area contributed by atoms with Crippen molar-refractivity contribution >= 4 is 11.5 Å². The van der Waals surface area contributed by atoms with Crippen LogP contribution in [0, 0.1) is 5.82 Å². The van der Waals surface area contributed by atoms with Crippen molar-refractivity contribution in [1.29, 1.82) is 0 Å². The number of hydrogen-bond donors (Lipinski definition) is 2. The van der Waals surface area contributed by atoms with Crippen molar-refractivity contribution in [2.24, 2.45) is 0 Å². The van der Waals surface area contributed by atoms with Crippen LogP contribution in [0.1, 0.15) is 54.9 Å². The Hall–Kier alpha value is -3.08. The summed E-state index contributed by atoms with van der Waals surface area (Å²) < 4.78 is 20.5. The van der Waals surface area contributed by atoms with Crippen molar-refractivity contribution in [1.82, 2.24) is 0 Å². The number of hydrogen-bond acceptors (Lipinski definition) is 4. The van der Waals surface area contributed by atoms with Crippen LogP contribution in [0.3, 0.4) is 0 Å². The number of ether oxygens (including phenoxy) is 1. The smallest absolute Gasteiger partial charge is 0.200 e. The number of rotatable bonds is 4. The standard InChI is InChI=1S/C24H23FO4/c1-2-3-13-24-14-12-17(21(26)15-8-4-6-10-18(15)25)23(28)20(24)22(27)16-9-5-7-11-19(16)29-24/h4-11,26,28H,2-3,12-14H2,1H3/b21-17-/t24-/m0/s1. The van der Waals surface area contributed by atoms with Crippen LogP contribution in [0.2, 0.25) is 0 Å². The second-order valence-corrected chi connectivity index (χ2v) is 7.56. The molecule has 2 N–H and O–H groups in total. The van der Waals surface area contributed by atoms with Gasteiger partial charge in [0.25, 0.3) is 0 Å². The van der Waals surface area contributed by atoms with Gasteiger partial charge < -0.3 is 14.9 Å². The van der Waals surface area contributed by atoms with Crippen LogP contribution in [0.5, 0.6) is 5.75 Å². The molecular formula is C24H23FO4. The monoisotopic (exact) mass is 394 g/mol. The van der Waals surface area contributed by atoms with Crippen molar-refractivity contribution in [3.8, 4) is 5.75 Å². The fourth-order valence-electron chi connectivity index (χ4n) is 4.25. The fraction of sp³-hybridized carbons (Fsp3) is 0.292. The molecule has 2 aromatic rings. The molecule has 1 aliphatic heterocycles. The molecule has 0 bridgehead atoms. The van der Waals surface area contributed by atoms with E-state index in [1.165, 1.54) is 18.2 Å². The second kappa shape index (κ2) is 7.39. The Morgan fingerprint density at radius 1 is 1.17 bits per heavy atom. The summed E-state index contributed by atoms with van der Waals surface area (Å²) in [5.74, 6) is -1.03. The normalized spacial score (nSPS) is 22.6. The lowest BCUT2D eigenvalue weighted by molar-refractivity contribution is 0.0536. The van der Waals surface area contributed by atoms with Gasteiger partial charge in [0.15, 0.2) is 5.78 Å². The van der Waals surface area contributed by atoms with Gasteiger partial charge in [-0.1, -0.05) is 37.6 Å². The summed E-state index contributed by atoms with van der Waals surface area (Å²) in [6.45, 7) is 2.05. The Balaban J connectivity index is 1.91. The molecule has 0 spiro atoms. The van der Waals surface area contributed by atoms with Crippen LogP contribution in [0.15, 0.2) is 65.4 Å². The Labute approximate surface area is 169 Å². The van der Waals surface area contributed by atoms with E-state index in [1.54, 1.807) is 24.3 Å². The van der Waals surface area contributed by atoms with E-state index in [4.69, 9.17) is 4.74 Å². The Morgan fingerprint density at radius 3 is 2.66 bits per heavy atom. The van der Waals surface area contributed by atoms with Crippen LogP contribution < -0.4 is 4.74 Å². The minimum Gasteiger partial charge on any atom is -0.507 e. The Kier molecular flexibility index (Phi) is 4.91. The van der Waals surface area contributed by atoms with Crippen molar-refractivity contribution in [3.05, 3.63) is 82.4 Å². The van der Waals surface area contributed by atoms with Gasteiger partial charge in [0, 0.05) is 5.57 Å². The zero-order valence-corrected chi connectivity index (χ0v) is 16.2. The van der Waals surface area contributed by atoms with E-state index < -0.39 is 11.4 Å². The highest BCUT2D eigenvalue weighted by molar-refractivity contribution is 6.13. The summed E-state index contributed by atoms with van der Waals surface area (Å²) in [6, 6.07) is 12.8. The molecule has 0 saturated heterocycles. The number of carbonyl (C=O) groups is 1. The lowest BCUT2D eigenvalue weighted by Crippen LogP contribution is -2.47. The number of halogens is 1. The average Bonchev–Trinajstić information content (AvgIpc) is 2.72. The average molecular weight is 394 g/mol. The number of carbonyl (C=O) groups excluding carboxylic acids is 1. The van der Waals surface area contributed by atoms with Gasteiger partial charge in [-0.05, 0) is 49.9 Å². The third kappa shape index (κ3) is 3.11. The first kappa shape index (κ1) is 19.2. The van der Waals surface area contributed by atoms with Gasteiger partial charge >= 0.3 is 0 Å². The minimum atomic E-state index is -0.940. The van der Waals surface area contributed by atoms with Crippen molar-refractivity contribution in [3.63, 3.8) is 0 Å². The number of unbranched alkanes of at least 4 members (excludes halogenated alkanes) is 1. The molecule has 4 rings (SSSR count). The molecule has 5 heteroatoms. The first-order valence-electron chi connectivity index (χ1n) is 9.92. The Morgan fingerprint density at radius 2 is 1.90 bits per heavy atom. The highest BCUT2D eigenvalue weighted by atomic mass is 19.1. The highest BCUT2D eigenvalue weighted by Gasteiger charge is 2.50. The predicted octanol–water partition coefficient (Wildman–Crippen LogP) is 5.91. The maximum absolute atomic E-state index is 14.2. The number of ketones is 1. The van der Waals surface area contributed by atoms with Crippen molar-refractivity contribution in [2.45, 2.75) is 44.6 Å². The maximum Gasteiger partial charge on any atom is 0.200 e. The summed E-state index contributed by atoms with van der Waals surface area (Å²) in [4.78, 5) is 13.3. The summed E-state index contributed by atoms with van der Waals surface area (Å²) in [5, 5.41) is 21.8. The van der Waals surface area contributed by atoms with Crippen LogP contribution in [0.4, 0.5) is 4.39 Å². The van der Waals surface area contributed by atoms with Gasteiger partial charge in [0.2, 0.25) is 0 Å². The topological polar surface area (TPSA) is 66.8 Å². The number of fused-ring (bicyclic) bond motifs is 2. The lowest BCUT2D eigenvalue weighted by atomic mass is 9.72.